The first-order chi connectivity index (χ1) is 10.3. The Labute approximate surface area is 136 Å². The molecule has 0 N–H and O–H groups in total. The first-order valence-corrected chi connectivity index (χ1v) is 7.82. The van der Waals surface area contributed by atoms with Crippen LogP contribution in [0.5, 0.6) is 0 Å². The average Bonchev–Trinajstić information content (AvgIpc) is 2.85. The summed E-state index contributed by atoms with van der Waals surface area (Å²) in [4.78, 5) is 24.2. The number of nitrogens with zero attached hydrogens (tertiary/aromatic N) is 4. The molecule has 2 heterocycles. The molecule has 0 saturated carbocycles. The predicted octanol–water partition coefficient (Wildman–Crippen LogP) is 2.97. The lowest BCUT2D eigenvalue weighted by molar-refractivity contribution is 0.0232. The number of carbonyl (C=O) groups is 1. The molecule has 0 aromatic carbocycles. The molecule has 1 saturated heterocycles. The Morgan fingerprint density at radius 3 is 2.86 bits per heavy atom. The zero-order chi connectivity index (χ0) is 16.3. The van der Waals surface area contributed by atoms with Gasteiger partial charge in [0.25, 0.3) is 0 Å². The molecule has 1 aromatic rings. The van der Waals surface area contributed by atoms with E-state index >= 15 is 0 Å². The highest BCUT2D eigenvalue weighted by Crippen LogP contribution is 2.23. The van der Waals surface area contributed by atoms with Gasteiger partial charge in [0.2, 0.25) is 0 Å². The van der Waals surface area contributed by atoms with Gasteiger partial charge in [0, 0.05) is 26.2 Å². The normalized spacial score (nSPS) is 18.4. The third-order valence-corrected chi connectivity index (χ3v) is 3.71. The van der Waals surface area contributed by atoms with E-state index in [1.54, 1.807) is 6.07 Å². The van der Waals surface area contributed by atoms with Crippen LogP contribution in [0.25, 0.3) is 0 Å². The van der Waals surface area contributed by atoms with Crippen molar-refractivity contribution < 1.29 is 9.53 Å². The van der Waals surface area contributed by atoms with Crippen molar-refractivity contribution in [1.29, 1.82) is 0 Å². The van der Waals surface area contributed by atoms with Crippen molar-refractivity contribution in [2.75, 3.05) is 25.0 Å². The van der Waals surface area contributed by atoms with Crippen LogP contribution >= 0.6 is 11.6 Å². The molecule has 22 heavy (non-hydrogen) atoms. The van der Waals surface area contributed by atoms with Crippen LogP contribution in [0.3, 0.4) is 0 Å². The van der Waals surface area contributed by atoms with Crippen LogP contribution in [0.4, 0.5) is 10.6 Å². The van der Waals surface area contributed by atoms with Gasteiger partial charge in [0.1, 0.15) is 22.9 Å². The lowest BCUT2D eigenvalue weighted by atomic mass is 10.2. The molecule has 1 fully saturated rings. The molecule has 7 heteroatoms. The number of rotatable bonds is 3. The highest BCUT2D eigenvalue weighted by molar-refractivity contribution is 6.29. The van der Waals surface area contributed by atoms with Gasteiger partial charge in [-0.3, -0.25) is 0 Å². The van der Waals surface area contributed by atoms with Crippen LogP contribution in [0, 0.1) is 0 Å². The summed E-state index contributed by atoms with van der Waals surface area (Å²) in [5, 5.41) is 0.410. The molecule has 1 aromatic heterocycles. The number of hydrogen-bond donors (Lipinski definition) is 0. The monoisotopic (exact) mass is 326 g/mol. The molecule has 0 unspecified atom stereocenters. The number of aromatic nitrogens is 2. The summed E-state index contributed by atoms with van der Waals surface area (Å²) in [6, 6.07) is 1.84. The molecule has 1 atom stereocenters. The molecule has 2 rings (SSSR count). The van der Waals surface area contributed by atoms with E-state index in [0.717, 1.165) is 25.2 Å². The Hall–Kier alpha value is -1.56. The average molecular weight is 327 g/mol. The van der Waals surface area contributed by atoms with Crippen molar-refractivity contribution in [1.82, 2.24) is 14.9 Å². The maximum absolute atomic E-state index is 12.3. The second kappa shape index (κ2) is 6.69. The van der Waals surface area contributed by atoms with E-state index in [4.69, 9.17) is 16.3 Å². The quantitative estimate of drug-likeness (QED) is 0.799. The molecule has 1 aliphatic rings. The van der Waals surface area contributed by atoms with Gasteiger partial charge in [0.15, 0.2) is 0 Å². The summed E-state index contributed by atoms with van der Waals surface area (Å²) in [6.45, 7) is 7.06. The van der Waals surface area contributed by atoms with Gasteiger partial charge in [-0.1, -0.05) is 11.6 Å². The number of carbonyl (C=O) groups excluding carboxylic acids is 1. The Morgan fingerprint density at radius 1 is 1.50 bits per heavy atom. The first kappa shape index (κ1) is 16.8. The highest BCUT2D eigenvalue weighted by Gasteiger charge is 2.32. The number of hydrogen-bond acceptors (Lipinski definition) is 5. The van der Waals surface area contributed by atoms with Crippen molar-refractivity contribution in [3.63, 3.8) is 0 Å². The molecule has 1 amide bonds. The minimum Gasteiger partial charge on any atom is -0.444 e. The summed E-state index contributed by atoms with van der Waals surface area (Å²) in [7, 11) is 1.93. The standard InChI is InChI=1S/C15H23ClN4O2/c1-15(2,3)22-14(21)20-7-5-6-11(20)9-19(4)13-8-12(16)17-10-18-13/h8,10-11H,5-7,9H2,1-4H3/t11-/m1/s1. The number of likely N-dealkylation sites (tertiary alicyclic amines) is 1. The fourth-order valence-corrected chi connectivity index (χ4v) is 2.67. The van der Waals surface area contributed by atoms with E-state index < -0.39 is 5.60 Å². The molecular formula is C15H23ClN4O2. The van der Waals surface area contributed by atoms with Crippen molar-refractivity contribution in [3.8, 4) is 0 Å². The molecule has 1 aliphatic heterocycles. The third-order valence-electron chi connectivity index (χ3n) is 3.50. The van der Waals surface area contributed by atoms with E-state index in [0.29, 0.717) is 11.7 Å². The molecule has 0 spiro atoms. The molecule has 6 nitrogen and oxygen atoms in total. The van der Waals surface area contributed by atoms with Crippen LogP contribution in [-0.4, -0.2) is 52.7 Å². The topological polar surface area (TPSA) is 58.6 Å². The van der Waals surface area contributed by atoms with Crippen molar-refractivity contribution >= 4 is 23.5 Å². The highest BCUT2D eigenvalue weighted by atomic mass is 35.5. The van der Waals surface area contributed by atoms with E-state index in [2.05, 4.69) is 9.97 Å². The van der Waals surface area contributed by atoms with E-state index in [1.165, 1.54) is 6.33 Å². The van der Waals surface area contributed by atoms with Crippen LogP contribution in [-0.2, 0) is 4.74 Å². The maximum atomic E-state index is 12.3. The van der Waals surface area contributed by atoms with E-state index in [1.807, 2.05) is 37.6 Å². The molecule has 122 valence electrons. The van der Waals surface area contributed by atoms with Gasteiger partial charge in [-0.05, 0) is 33.6 Å². The number of likely N-dealkylation sites (N-methyl/N-ethyl adjacent to an activating group) is 1. The Balaban J connectivity index is 2.00. The zero-order valence-corrected chi connectivity index (χ0v) is 14.3. The van der Waals surface area contributed by atoms with Crippen molar-refractivity contribution in [2.45, 2.75) is 45.3 Å². The second-order valence-corrected chi connectivity index (χ2v) is 6.94. The number of amides is 1. The summed E-state index contributed by atoms with van der Waals surface area (Å²) in [5.74, 6) is 0.746. The summed E-state index contributed by atoms with van der Waals surface area (Å²) >= 11 is 5.90. The van der Waals surface area contributed by atoms with Gasteiger partial charge in [-0.15, -0.1) is 0 Å². The number of halogens is 1. The lowest BCUT2D eigenvalue weighted by Crippen LogP contribution is -2.44. The van der Waals surface area contributed by atoms with Gasteiger partial charge < -0.3 is 14.5 Å². The minimum atomic E-state index is -0.476. The first-order valence-electron chi connectivity index (χ1n) is 7.44. The SMILES string of the molecule is CN(C[C@H]1CCCN1C(=O)OC(C)(C)C)c1cc(Cl)ncn1. The number of ether oxygens (including phenoxy) is 1. The predicted molar refractivity (Wildman–Crippen MR) is 86.3 cm³/mol. The third kappa shape index (κ3) is 4.47. The molecular weight excluding hydrogens is 304 g/mol. The minimum absolute atomic E-state index is 0.119. The second-order valence-electron chi connectivity index (χ2n) is 6.55. The summed E-state index contributed by atoms with van der Waals surface area (Å²) < 4.78 is 5.48. The van der Waals surface area contributed by atoms with E-state index in [9.17, 15) is 4.79 Å². The van der Waals surface area contributed by atoms with Crippen LogP contribution in [0.1, 0.15) is 33.6 Å². The molecule has 0 radical (unpaired) electrons. The smallest absolute Gasteiger partial charge is 0.410 e. The van der Waals surface area contributed by atoms with Crippen LogP contribution < -0.4 is 4.90 Å². The van der Waals surface area contributed by atoms with Gasteiger partial charge >= 0.3 is 6.09 Å². The van der Waals surface area contributed by atoms with Crippen LogP contribution in [0.15, 0.2) is 12.4 Å². The zero-order valence-electron chi connectivity index (χ0n) is 13.5. The van der Waals surface area contributed by atoms with E-state index in [-0.39, 0.29) is 12.1 Å². The van der Waals surface area contributed by atoms with Gasteiger partial charge in [0.05, 0.1) is 6.04 Å². The molecule has 0 bridgehead atoms. The number of anilines is 1. The Morgan fingerprint density at radius 2 is 2.23 bits per heavy atom. The van der Waals surface area contributed by atoms with Crippen molar-refractivity contribution in [3.05, 3.63) is 17.5 Å². The largest absolute Gasteiger partial charge is 0.444 e. The Bertz CT molecular complexity index is 533. The maximum Gasteiger partial charge on any atom is 0.410 e. The van der Waals surface area contributed by atoms with Crippen molar-refractivity contribution in [2.24, 2.45) is 0 Å². The van der Waals surface area contributed by atoms with Crippen LogP contribution in [0.2, 0.25) is 5.15 Å². The fraction of sp³-hybridized carbons (Fsp3) is 0.667. The summed E-state index contributed by atoms with van der Waals surface area (Å²) in [6.07, 6.45) is 3.14. The Kier molecular flexibility index (Phi) is 5.11. The van der Waals surface area contributed by atoms with Gasteiger partial charge in [-0.2, -0.15) is 0 Å². The summed E-state index contributed by atoms with van der Waals surface area (Å²) in [5.41, 5.74) is -0.476. The molecule has 0 aliphatic carbocycles. The fourth-order valence-electron chi connectivity index (χ4n) is 2.53. The lowest BCUT2D eigenvalue weighted by Gasteiger charge is -2.31. The van der Waals surface area contributed by atoms with Gasteiger partial charge in [-0.25, -0.2) is 14.8 Å².